The van der Waals surface area contributed by atoms with Crippen molar-refractivity contribution in [2.45, 2.75) is 13.8 Å². The number of nitrogens with zero attached hydrogens (tertiary/aromatic N) is 1. The van der Waals surface area contributed by atoms with Crippen LogP contribution in [0.4, 0.5) is 0 Å². The Morgan fingerprint density at radius 2 is 1.94 bits per heavy atom. The molecule has 16 heavy (non-hydrogen) atoms. The van der Waals surface area contributed by atoms with Crippen molar-refractivity contribution >= 4 is 29.1 Å². The van der Waals surface area contributed by atoms with Gasteiger partial charge in [-0.3, -0.25) is 4.79 Å². The Bertz CT molecular complexity index is 406. The van der Waals surface area contributed by atoms with Gasteiger partial charge in [-0.1, -0.05) is 34.9 Å². The van der Waals surface area contributed by atoms with Crippen LogP contribution in [0.2, 0.25) is 10.3 Å². The lowest BCUT2D eigenvalue weighted by atomic mass is 10.2. The summed E-state index contributed by atoms with van der Waals surface area (Å²) in [6.07, 6.45) is 1.92. The summed E-state index contributed by atoms with van der Waals surface area (Å²) in [4.78, 5) is 15.4. The van der Waals surface area contributed by atoms with Crippen LogP contribution in [-0.4, -0.2) is 17.4 Å². The lowest BCUT2D eigenvalue weighted by Crippen LogP contribution is -2.23. The first-order valence-corrected chi connectivity index (χ1v) is 5.49. The van der Waals surface area contributed by atoms with Crippen molar-refractivity contribution in [1.82, 2.24) is 10.3 Å². The fourth-order valence-electron chi connectivity index (χ4n) is 1.05. The molecule has 1 heterocycles. The van der Waals surface area contributed by atoms with E-state index in [1.165, 1.54) is 12.1 Å². The zero-order valence-corrected chi connectivity index (χ0v) is 10.6. The number of rotatable bonds is 3. The summed E-state index contributed by atoms with van der Waals surface area (Å²) in [5, 5.41) is 3.14. The smallest absolute Gasteiger partial charge is 0.251 e. The van der Waals surface area contributed by atoms with Crippen molar-refractivity contribution in [3.63, 3.8) is 0 Å². The van der Waals surface area contributed by atoms with Crippen molar-refractivity contribution in [2.75, 3.05) is 6.54 Å². The van der Waals surface area contributed by atoms with Crippen LogP contribution in [-0.2, 0) is 0 Å². The van der Waals surface area contributed by atoms with Gasteiger partial charge in [0.25, 0.3) is 5.91 Å². The number of amides is 1. The minimum Gasteiger partial charge on any atom is -0.349 e. The van der Waals surface area contributed by atoms with Gasteiger partial charge in [0.05, 0.1) is 0 Å². The third-order valence-electron chi connectivity index (χ3n) is 1.80. The van der Waals surface area contributed by atoms with E-state index in [1.807, 2.05) is 19.9 Å². The van der Waals surface area contributed by atoms with Crippen LogP contribution in [0.1, 0.15) is 24.2 Å². The lowest BCUT2D eigenvalue weighted by Gasteiger charge is -2.03. The van der Waals surface area contributed by atoms with Crippen LogP contribution in [0.25, 0.3) is 0 Å². The minimum absolute atomic E-state index is 0.208. The molecule has 0 spiro atoms. The summed E-state index contributed by atoms with van der Waals surface area (Å²) < 4.78 is 0. The first kappa shape index (κ1) is 13.0. The average molecular weight is 259 g/mol. The molecule has 0 saturated heterocycles. The summed E-state index contributed by atoms with van der Waals surface area (Å²) >= 11 is 11.4. The number of hydrogen-bond acceptors (Lipinski definition) is 2. The van der Waals surface area contributed by atoms with Gasteiger partial charge in [-0.25, -0.2) is 4.98 Å². The van der Waals surface area contributed by atoms with E-state index < -0.39 is 0 Å². The number of aromatic nitrogens is 1. The Kier molecular flexibility index (Phi) is 4.77. The molecule has 0 aromatic carbocycles. The molecule has 0 atom stereocenters. The molecule has 0 aliphatic carbocycles. The Morgan fingerprint density at radius 3 is 2.44 bits per heavy atom. The van der Waals surface area contributed by atoms with E-state index in [9.17, 15) is 4.79 Å². The van der Waals surface area contributed by atoms with E-state index in [2.05, 4.69) is 10.3 Å². The second kappa shape index (κ2) is 5.87. The molecule has 1 aromatic rings. The molecule has 5 heteroatoms. The van der Waals surface area contributed by atoms with Gasteiger partial charge in [0.15, 0.2) is 0 Å². The molecule has 3 nitrogen and oxygen atoms in total. The standard InChI is InChI=1S/C11H12Cl2N2O/c1-7(2)3-4-14-11(16)8-5-9(12)15-10(13)6-8/h3,5-6H,4H2,1-2H3,(H,14,16). The Labute approximate surface area is 104 Å². The van der Waals surface area contributed by atoms with Gasteiger partial charge in [-0.05, 0) is 26.0 Å². The van der Waals surface area contributed by atoms with Crippen LogP contribution < -0.4 is 5.32 Å². The second-order valence-corrected chi connectivity index (χ2v) is 4.27. The highest BCUT2D eigenvalue weighted by molar-refractivity contribution is 6.33. The molecular weight excluding hydrogens is 247 g/mol. The number of nitrogens with one attached hydrogen (secondary N) is 1. The van der Waals surface area contributed by atoms with Crippen LogP contribution >= 0.6 is 23.2 Å². The van der Waals surface area contributed by atoms with Crippen molar-refractivity contribution < 1.29 is 4.79 Å². The molecule has 0 unspecified atom stereocenters. The van der Waals surface area contributed by atoms with Crippen LogP contribution in [0.15, 0.2) is 23.8 Å². The van der Waals surface area contributed by atoms with Crippen molar-refractivity contribution in [3.8, 4) is 0 Å². The number of carbonyl (C=O) groups is 1. The van der Waals surface area contributed by atoms with E-state index in [0.29, 0.717) is 12.1 Å². The van der Waals surface area contributed by atoms with Gasteiger partial charge in [0.1, 0.15) is 10.3 Å². The zero-order valence-electron chi connectivity index (χ0n) is 9.05. The fourth-order valence-corrected chi connectivity index (χ4v) is 1.51. The lowest BCUT2D eigenvalue weighted by molar-refractivity contribution is 0.0958. The predicted octanol–water partition coefficient (Wildman–Crippen LogP) is 3.08. The molecule has 0 aliphatic rings. The molecule has 0 radical (unpaired) electrons. The van der Waals surface area contributed by atoms with Gasteiger partial charge in [0, 0.05) is 12.1 Å². The number of pyridine rings is 1. The monoisotopic (exact) mass is 258 g/mol. The first-order chi connectivity index (χ1) is 7.49. The summed E-state index contributed by atoms with van der Waals surface area (Å²) in [6, 6.07) is 2.95. The Hall–Kier alpha value is -1.06. The van der Waals surface area contributed by atoms with E-state index in [4.69, 9.17) is 23.2 Å². The van der Waals surface area contributed by atoms with Gasteiger partial charge in [-0.15, -0.1) is 0 Å². The third kappa shape index (κ3) is 4.21. The zero-order chi connectivity index (χ0) is 12.1. The summed E-state index contributed by atoms with van der Waals surface area (Å²) in [5.41, 5.74) is 1.55. The van der Waals surface area contributed by atoms with Crippen molar-refractivity contribution in [1.29, 1.82) is 0 Å². The van der Waals surface area contributed by atoms with Crippen molar-refractivity contribution in [2.24, 2.45) is 0 Å². The Balaban J connectivity index is 2.69. The molecule has 1 N–H and O–H groups in total. The third-order valence-corrected chi connectivity index (χ3v) is 2.19. The number of allylic oxidation sites excluding steroid dienone is 1. The van der Waals surface area contributed by atoms with E-state index >= 15 is 0 Å². The molecule has 0 aliphatic heterocycles. The molecule has 86 valence electrons. The molecule has 0 fully saturated rings. The van der Waals surface area contributed by atoms with Crippen LogP contribution in [0.3, 0.4) is 0 Å². The number of halogens is 2. The topological polar surface area (TPSA) is 42.0 Å². The quantitative estimate of drug-likeness (QED) is 0.669. The molecule has 1 rings (SSSR count). The fraction of sp³-hybridized carbons (Fsp3) is 0.273. The highest BCUT2D eigenvalue weighted by Crippen LogP contribution is 2.14. The molecular formula is C11H12Cl2N2O. The first-order valence-electron chi connectivity index (χ1n) is 4.73. The number of carbonyl (C=O) groups excluding carboxylic acids is 1. The van der Waals surface area contributed by atoms with Gasteiger partial charge >= 0.3 is 0 Å². The minimum atomic E-state index is -0.219. The SMILES string of the molecule is CC(C)=CCNC(=O)c1cc(Cl)nc(Cl)c1. The van der Waals surface area contributed by atoms with E-state index in [-0.39, 0.29) is 16.2 Å². The van der Waals surface area contributed by atoms with Crippen LogP contribution in [0, 0.1) is 0 Å². The van der Waals surface area contributed by atoms with Gasteiger partial charge < -0.3 is 5.32 Å². The summed E-state index contributed by atoms with van der Waals surface area (Å²) in [6.45, 7) is 4.41. The van der Waals surface area contributed by atoms with Crippen LogP contribution in [0.5, 0.6) is 0 Å². The summed E-state index contributed by atoms with van der Waals surface area (Å²) in [5.74, 6) is -0.219. The van der Waals surface area contributed by atoms with Crippen molar-refractivity contribution in [3.05, 3.63) is 39.7 Å². The highest BCUT2D eigenvalue weighted by atomic mass is 35.5. The maximum Gasteiger partial charge on any atom is 0.251 e. The predicted molar refractivity (Wildman–Crippen MR) is 66.0 cm³/mol. The molecule has 0 saturated carbocycles. The molecule has 0 bridgehead atoms. The van der Waals surface area contributed by atoms with Gasteiger partial charge in [-0.2, -0.15) is 0 Å². The summed E-state index contributed by atoms with van der Waals surface area (Å²) in [7, 11) is 0. The maximum atomic E-state index is 11.6. The highest BCUT2D eigenvalue weighted by Gasteiger charge is 2.07. The number of hydrogen-bond donors (Lipinski definition) is 1. The van der Waals surface area contributed by atoms with Gasteiger partial charge in [0.2, 0.25) is 0 Å². The second-order valence-electron chi connectivity index (χ2n) is 3.49. The van der Waals surface area contributed by atoms with E-state index in [1.54, 1.807) is 0 Å². The maximum absolute atomic E-state index is 11.6. The van der Waals surface area contributed by atoms with E-state index in [0.717, 1.165) is 5.57 Å². The average Bonchev–Trinajstić information content (AvgIpc) is 2.15. The Morgan fingerprint density at radius 1 is 1.38 bits per heavy atom. The normalized spacial score (nSPS) is 9.75. The molecule has 1 amide bonds. The molecule has 1 aromatic heterocycles. The largest absolute Gasteiger partial charge is 0.349 e.